The molecule has 0 aromatic heterocycles. The molecular weight excluding hydrogens is 232 g/mol. The van der Waals surface area contributed by atoms with Gasteiger partial charge in [0.25, 0.3) is 0 Å². The van der Waals surface area contributed by atoms with E-state index in [9.17, 15) is 4.79 Å². The molecule has 0 radical (unpaired) electrons. The lowest BCUT2D eigenvalue weighted by Gasteiger charge is -2.02. The summed E-state index contributed by atoms with van der Waals surface area (Å²) in [4.78, 5) is 11.7. The first-order chi connectivity index (χ1) is 7.15. The minimum absolute atomic E-state index is 0.155. The average Bonchev–Trinajstić information content (AvgIpc) is 2.20. The average molecular weight is 243 g/mol. The highest BCUT2D eigenvalue weighted by Gasteiger charge is 2.08. The summed E-state index contributed by atoms with van der Waals surface area (Å²) >= 11 is 7.32. The quantitative estimate of drug-likeness (QED) is 0.646. The maximum atomic E-state index is 10.8. The molecule has 0 spiro atoms. The van der Waals surface area contributed by atoms with Gasteiger partial charge in [0.2, 0.25) is 0 Å². The van der Waals surface area contributed by atoms with Gasteiger partial charge in [0.15, 0.2) is 0 Å². The molecule has 0 bridgehead atoms. The summed E-state index contributed by atoms with van der Waals surface area (Å²) in [6.07, 6.45) is 3.97. The summed E-state index contributed by atoms with van der Waals surface area (Å²) in [6.45, 7) is 1.95. The van der Waals surface area contributed by atoms with E-state index in [2.05, 4.69) is 0 Å². The zero-order valence-electron chi connectivity index (χ0n) is 8.24. The molecule has 2 nitrogen and oxygen atoms in total. The van der Waals surface area contributed by atoms with Gasteiger partial charge < -0.3 is 5.11 Å². The Morgan fingerprint density at radius 2 is 2.33 bits per heavy atom. The van der Waals surface area contributed by atoms with Gasteiger partial charge in [0, 0.05) is 10.6 Å². The molecule has 80 valence electrons. The summed E-state index contributed by atoms with van der Waals surface area (Å²) in [5.41, 5.74) is 0.155. The highest BCUT2D eigenvalue weighted by molar-refractivity contribution is 7.99. The fourth-order valence-electron chi connectivity index (χ4n) is 0.999. The number of aromatic carboxylic acids is 1. The molecular formula is C11H11ClO2S. The summed E-state index contributed by atoms with van der Waals surface area (Å²) in [6, 6.07) is 5.03. The second kappa shape index (κ2) is 5.83. The van der Waals surface area contributed by atoms with Crippen molar-refractivity contribution in [2.24, 2.45) is 0 Å². The number of benzene rings is 1. The van der Waals surface area contributed by atoms with Crippen LogP contribution in [0.4, 0.5) is 0 Å². The van der Waals surface area contributed by atoms with E-state index in [1.165, 1.54) is 0 Å². The molecule has 15 heavy (non-hydrogen) atoms. The van der Waals surface area contributed by atoms with Gasteiger partial charge in [-0.25, -0.2) is 4.79 Å². The van der Waals surface area contributed by atoms with Crippen molar-refractivity contribution in [3.05, 3.63) is 40.9 Å². The highest BCUT2D eigenvalue weighted by atomic mass is 35.5. The first-order valence-electron chi connectivity index (χ1n) is 4.42. The first kappa shape index (κ1) is 12.1. The summed E-state index contributed by atoms with van der Waals surface area (Å²) in [7, 11) is 0. The van der Waals surface area contributed by atoms with Crippen molar-refractivity contribution in [3.63, 3.8) is 0 Å². The zero-order chi connectivity index (χ0) is 11.3. The molecule has 0 saturated heterocycles. The third-order valence-electron chi connectivity index (χ3n) is 1.75. The van der Waals surface area contributed by atoms with Crippen LogP contribution >= 0.6 is 23.4 Å². The Balaban J connectivity index is 2.83. The third kappa shape index (κ3) is 3.61. The summed E-state index contributed by atoms with van der Waals surface area (Å²) in [5, 5.41) is 9.13. The molecule has 0 unspecified atom stereocenters. The first-order valence-corrected chi connectivity index (χ1v) is 5.78. The highest BCUT2D eigenvalue weighted by Crippen LogP contribution is 2.24. The van der Waals surface area contributed by atoms with Crippen LogP contribution in [0.3, 0.4) is 0 Å². The van der Waals surface area contributed by atoms with E-state index in [1.807, 2.05) is 25.1 Å². The molecule has 4 heteroatoms. The van der Waals surface area contributed by atoms with Gasteiger partial charge in [-0.15, -0.1) is 11.8 Å². The van der Waals surface area contributed by atoms with Gasteiger partial charge in [-0.2, -0.15) is 0 Å². The normalized spacial score (nSPS) is 10.8. The lowest BCUT2D eigenvalue weighted by atomic mass is 10.2. The maximum absolute atomic E-state index is 10.8. The Bertz CT molecular complexity index is 388. The number of allylic oxidation sites excluding steroid dienone is 1. The molecule has 1 rings (SSSR count). The number of carbonyl (C=O) groups is 1. The molecule has 0 fully saturated rings. The van der Waals surface area contributed by atoms with Crippen molar-refractivity contribution in [2.45, 2.75) is 11.8 Å². The second-order valence-electron chi connectivity index (χ2n) is 2.83. The number of rotatable bonds is 4. The minimum Gasteiger partial charge on any atom is -0.478 e. The number of carboxylic acid groups (broad SMARTS) is 1. The zero-order valence-corrected chi connectivity index (χ0v) is 9.81. The largest absolute Gasteiger partial charge is 0.478 e. The van der Waals surface area contributed by atoms with Gasteiger partial charge >= 0.3 is 5.97 Å². The van der Waals surface area contributed by atoms with Crippen molar-refractivity contribution in [2.75, 3.05) is 5.75 Å². The molecule has 0 saturated carbocycles. The van der Waals surface area contributed by atoms with E-state index in [-0.39, 0.29) is 10.6 Å². The van der Waals surface area contributed by atoms with Crippen LogP contribution in [0.25, 0.3) is 0 Å². The van der Waals surface area contributed by atoms with Crippen LogP contribution in [0.15, 0.2) is 35.2 Å². The second-order valence-corrected chi connectivity index (χ2v) is 4.33. The van der Waals surface area contributed by atoms with E-state index in [1.54, 1.807) is 23.9 Å². The number of hydrogen-bond acceptors (Lipinski definition) is 2. The van der Waals surface area contributed by atoms with Crippen molar-refractivity contribution in [3.8, 4) is 0 Å². The molecule has 0 aliphatic heterocycles. The van der Waals surface area contributed by atoms with Gasteiger partial charge in [-0.1, -0.05) is 23.8 Å². The van der Waals surface area contributed by atoms with E-state index in [0.717, 1.165) is 10.6 Å². The number of hydrogen-bond donors (Lipinski definition) is 1. The van der Waals surface area contributed by atoms with Crippen molar-refractivity contribution in [1.29, 1.82) is 0 Å². The molecule has 1 aromatic rings. The summed E-state index contributed by atoms with van der Waals surface area (Å²) < 4.78 is 0. The monoisotopic (exact) mass is 242 g/mol. The van der Waals surface area contributed by atoms with Gasteiger partial charge in [0.05, 0.1) is 10.6 Å². The lowest BCUT2D eigenvalue weighted by molar-refractivity contribution is 0.0697. The van der Waals surface area contributed by atoms with E-state index in [4.69, 9.17) is 16.7 Å². The third-order valence-corrected chi connectivity index (χ3v) is 3.03. The molecule has 0 heterocycles. The Morgan fingerprint density at radius 3 is 2.93 bits per heavy atom. The Kier molecular flexibility index (Phi) is 4.72. The van der Waals surface area contributed by atoms with Crippen LogP contribution in [0.5, 0.6) is 0 Å². The van der Waals surface area contributed by atoms with Crippen molar-refractivity contribution in [1.82, 2.24) is 0 Å². The van der Waals surface area contributed by atoms with Crippen LogP contribution < -0.4 is 0 Å². The van der Waals surface area contributed by atoms with Crippen LogP contribution in [0, 0.1) is 0 Å². The fourth-order valence-corrected chi connectivity index (χ4v) is 2.04. The predicted molar refractivity (Wildman–Crippen MR) is 63.9 cm³/mol. The summed E-state index contributed by atoms with van der Waals surface area (Å²) in [5.74, 6) is -0.162. The molecule has 0 aliphatic carbocycles. The lowest BCUT2D eigenvalue weighted by Crippen LogP contribution is -1.97. The predicted octanol–water partition coefficient (Wildman–Crippen LogP) is 3.71. The Morgan fingerprint density at radius 1 is 1.60 bits per heavy atom. The molecule has 1 N–H and O–H groups in total. The van der Waals surface area contributed by atoms with Gasteiger partial charge in [0.1, 0.15) is 0 Å². The maximum Gasteiger partial charge on any atom is 0.337 e. The number of thioether (sulfide) groups is 1. The van der Waals surface area contributed by atoms with E-state index < -0.39 is 5.97 Å². The molecule has 0 aliphatic rings. The number of carboxylic acids is 1. The van der Waals surface area contributed by atoms with Crippen molar-refractivity contribution >= 4 is 29.3 Å². The fraction of sp³-hybridized carbons (Fsp3) is 0.182. The van der Waals surface area contributed by atoms with Gasteiger partial charge in [-0.3, -0.25) is 0 Å². The smallest absolute Gasteiger partial charge is 0.337 e. The number of halogens is 1. The molecule has 0 atom stereocenters. The van der Waals surface area contributed by atoms with Crippen molar-refractivity contribution < 1.29 is 9.90 Å². The Labute approximate surface area is 97.9 Å². The van der Waals surface area contributed by atoms with Crippen LogP contribution in [0.1, 0.15) is 17.3 Å². The standard InChI is InChI=1S/C11H11ClO2S/c1-2-3-6-15-8-4-5-10(12)9(7-8)11(13)14/h2-5,7H,6H2,1H3,(H,13,14)/b3-2+. The topological polar surface area (TPSA) is 37.3 Å². The van der Waals surface area contributed by atoms with Crippen LogP contribution in [-0.2, 0) is 0 Å². The Hall–Kier alpha value is -0.930. The van der Waals surface area contributed by atoms with Crippen LogP contribution in [0.2, 0.25) is 5.02 Å². The van der Waals surface area contributed by atoms with Gasteiger partial charge in [-0.05, 0) is 25.1 Å². The SMILES string of the molecule is C/C=C/CSc1ccc(Cl)c(C(=O)O)c1. The molecule has 1 aromatic carbocycles. The van der Waals surface area contributed by atoms with E-state index >= 15 is 0 Å². The van der Waals surface area contributed by atoms with E-state index in [0.29, 0.717) is 0 Å². The minimum atomic E-state index is -0.992. The van der Waals surface area contributed by atoms with Crippen LogP contribution in [-0.4, -0.2) is 16.8 Å². The molecule has 0 amide bonds.